The standard InChI is InChI=1S/C24H21NO5/c1-15-13-19-5-3-4-6-20(19)25(15)23(27)14-29-24(28)22-12-11-21(30-22)18-9-7-17(8-10-18)16(2)26/h3-12,15H,13-14H2,1-2H3/t15-/m0/s1. The first-order chi connectivity index (χ1) is 14.4. The van der Waals surface area contributed by atoms with Gasteiger partial charge in [-0.05, 0) is 44.0 Å². The molecule has 4 rings (SSSR count). The zero-order valence-corrected chi connectivity index (χ0v) is 16.8. The van der Waals surface area contributed by atoms with Gasteiger partial charge in [-0.2, -0.15) is 0 Å². The van der Waals surface area contributed by atoms with Crippen molar-refractivity contribution in [2.75, 3.05) is 11.5 Å². The monoisotopic (exact) mass is 403 g/mol. The van der Waals surface area contributed by atoms with Gasteiger partial charge >= 0.3 is 5.97 Å². The van der Waals surface area contributed by atoms with Gasteiger partial charge in [0.2, 0.25) is 5.76 Å². The Bertz CT molecular complexity index is 1110. The SMILES string of the molecule is CC(=O)c1ccc(-c2ccc(C(=O)OCC(=O)N3c4ccccc4C[C@@H]3C)o2)cc1. The average Bonchev–Trinajstić information content (AvgIpc) is 3.36. The van der Waals surface area contributed by atoms with Crippen molar-refractivity contribution in [3.8, 4) is 11.3 Å². The van der Waals surface area contributed by atoms with Crippen molar-refractivity contribution in [2.45, 2.75) is 26.3 Å². The van der Waals surface area contributed by atoms with Crippen molar-refractivity contribution >= 4 is 23.3 Å². The number of ether oxygens (including phenoxy) is 1. The van der Waals surface area contributed by atoms with E-state index in [0.29, 0.717) is 11.3 Å². The van der Waals surface area contributed by atoms with Crippen molar-refractivity contribution in [3.63, 3.8) is 0 Å². The first kappa shape index (κ1) is 19.6. The van der Waals surface area contributed by atoms with E-state index in [1.54, 1.807) is 35.2 Å². The number of rotatable bonds is 5. The lowest BCUT2D eigenvalue weighted by molar-refractivity contribution is -0.122. The number of furan rings is 1. The quantitative estimate of drug-likeness (QED) is 0.469. The van der Waals surface area contributed by atoms with E-state index in [1.165, 1.54) is 13.0 Å². The highest BCUT2D eigenvalue weighted by Crippen LogP contribution is 2.32. The molecule has 0 fully saturated rings. The fourth-order valence-corrected chi connectivity index (χ4v) is 3.69. The number of nitrogens with zero attached hydrogens (tertiary/aromatic N) is 1. The van der Waals surface area contributed by atoms with Crippen LogP contribution in [-0.4, -0.2) is 30.3 Å². The van der Waals surface area contributed by atoms with Gasteiger partial charge in [-0.3, -0.25) is 9.59 Å². The third kappa shape index (κ3) is 3.76. The number of hydrogen-bond acceptors (Lipinski definition) is 5. The molecule has 0 aliphatic carbocycles. The summed E-state index contributed by atoms with van der Waals surface area (Å²) in [5.41, 5.74) is 3.30. The third-order valence-electron chi connectivity index (χ3n) is 5.19. The van der Waals surface area contributed by atoms with E-state index in [0.717, 1.165) is 23.2 Å². The molecule has 0 N–H and O–H groups in total. The predicted octanol–water partition coefficient (Wildman–Crippen LogP) is 4.28. The molecule has 152 valence electrons. The Morgan fingerprint density at radius 3 is 2.50 bits per heavy atom. The largest absolute Gasteiger partial charge is 0.450 e. The molecule has 3 aromatic rings. The molecule has 0 saturated carbocycles. The van der Waals surface area contributed by atoms with Crippen LogP contribution in [0.2, 0.25) is 0 Å². The van der Waals surface area contributed by atoms with Crippen LogP contribution in [0.3, 0.4) is 0 Å². The second-order valence-corrected chi connectivity index (χ2v) is 7.32. The molecular weight excluding hydrogens is 382 g/mol. The first-order valence-electron chi connectivity index (χ1n) is 9.72. The number of fused-ring (bicyclic) bond motifs is 1. The molecule has 0 bridgehead atoms. The summed E-state index contributed by atoms with van der Waals surface area (Å²) >= 11 is 0. The Morgan fingerprint density at radius 1 is 1.03 bits per heavy atom. The van der Waals surface area contributed by atoms with Gasteiger partial charge in [0, 0.05) is 22.9 Å². The van der Waals surface area contributed by atoms with Crippen molar-refractivity contribution in [2.24, 2.45) is 0 Å². The molecule has 0 saturated heterocycles. The molecule has 0 unspecified atom stereocenters. The number of benzene rings is 2. The Labute approximate surface area is 174 Å². The molecule has 1 atom stereocenters. The summed E-state index contributed by atoms with van der Waals surface area (Å²) in [6.07, 6.45) is 0.778. The fraction of sp³-hybridized carbons (Fsp3) is 0.208. The molecule has 1 aliphatic heterocycles. The first-order valence-corrected chi connectivity index (χ1v) is 9.72. The number of hydrogen-bond donors (Lipinski definition) is 0. The summed E-state index contributed by atoms with van der Waals surface area (Å²) in [7, 11) is 0. The highest BCUT2D eigenvalue weighted by atomic mass is 16.5. The second-order valence-electron chi connectivity index (χ2n) is 7.32. The van der Waals surface area contributed by atoms with Crippen molar-refractivity contribution in [3.05, 3.63) is 77.6 Å². The molecule has 0 radical (unpaired) electrons. The molecule has 30 heavy (non-hydrogen) atoms. The molecule has 2 aromatic carbocycles. The van der Waals surface area contributed by atoms with E-state index in [4.69, 9.17) is 9.15 Å². The lowest BCUT2D eigenvalue weighted by atomic mass is 10.1. The van der Waals surface area contributed by atoms with Crippen LogP contribution in [0.5, 0.6) is 0 Å². The molecule has 6 nitrogen and oxygen atoms in total. The Kier molecular flexibility index (Phi) is 5.23. The van der Waals surface area contributed by atoms with E-state index in [9.17, 15) is 14.4 Å². The molecular formula is C24H21NO5. The van der Waals surface area contributed by atoms with Gasteiger partial charge in [0.05, 0.1) is 0 Å². The van der Waals surface area contributed by atoms with Crippen LogP contribution >= 0.6 is 0 Å². The summed E-state index contributed by atoms with van der Waals surface area (Å²) in [4.78, 5) is 38.1. The minimum absolute atomic E-state index is 0.0155. The van der Waals surface area contributed by atoms with Crippen LogP contribution in [-0.2, 0) is 16.0 Å². The summed E-state index contributed by atoms with van der Waals surface area (Å²) < 4.78 is 10.8. The number of Topliss-reactive ketones (excluding diaryl/α,β-unsaturated/α-hetero) is 1. The van der Waals surface area contributed by atoms with Gasteiger partial charge in [0.25, 0.3) is 5.91 Å². The van der Waals surface area contributed by atoms with Gasteiger partial charge < -0.3 is 14.1 Å². The van der Waals surface area contributed by atoms with Gasteiger partial charge in [-0.25, -0.2) is 4.79 Å². The van der Waals surface area contributed by atoms with Gasteiger partial charge in [-0.15, -0.1) is 0 Å². The van der Waals surface area contributed by atoms with E-state index in [2.05, 4.69) is 0 Å². The highest BCUT2D eigenvalue weighted by molar-refractivity contribution is 5.98. The number of esters is 1. The van der Waals surface area contributed by atoms with E-state index in [1.807, 2.05) is 31.2 Å². The van der Waals surface area contributed by atoms with Crippen molar-refractivity contribution in [1.82, 2.24) is 0 Å². The van der Waals surface area contributed by atoms with Crippen LogP contribution in [0.25, 0.3) is 11.3 Å². The normalized spacial score (nSPS) is 15.0. The molecule has 2 heterocycles. The maximum atomic E-state index is 12.7. The molecule has 1 amide bonds. The van der Waals surface area contributed by atoms with Crippen LogP contribution in [0.4, 0.5) is 5.69 Å². The second kappa shape index (κ2) is 7.99. The van der Waals surface area contributed by atoms with E-state index in [-0.39, 0.29) is 30.1 Å². The van der Waals surface area contributed by atoms with Crippen LogP contribution in [0.15, 0.2) is 65.1 Å². The maximum absolute atomic E-state index is 12.7. The average molecular weight is 403 g/mol. The zero-order valence-electron chi connectivity index (χ0n) is 16.8. The highest BCUT2D eigenvalue weighted by Gasteiger charge is 2.31. The number of carbonyl (C=O) groups is 3. The molecule has 6 heteroatoms. The number of anilines is 1. The van der Waals surface area contributed by atoms with Crippen molar-refractivity contribution < 1.29 is 23.5 Å². The number of para-hydroxylation sites is 1. The van der Waals surface area contributed by atoms with E-state index < -0.39 is 5.97 Å². The lowest BCUT2D eigenvalue weighted by Gasteiger charge is -2.22. The predicted molar refractivity (Wildman–Crippen MR) is 112 cm³/mol. The van der Waals surface area contributed by atoms with Gasteiger partial charge in [0.1, 0.15) is 5.76 Å². The smallest absolute Gasteiger partial charge is 0.374 e. The summed E-state index contributed by atoms with van der Waals surface area (Å²) in [5.74, 6) is -0.499. The van der Waals surface area contributed by atoms with Crippen LogP contribution < -0.4 is 4.90 Å². The summed E-state index contributed by atoms with van der Waals surface area (Å²) in [6.45, 7) is 3.11. The molecule has 1 aromatic heterocycles. The zero-order chi connectivity index (χ0) is 21.3. The maximum Gasteiger partial charge on any atom is 0.374 e. The summed E-state index contributed by atoms with van der Waals surface area (Å²) in [6, 6.07) is 17.8. The third-order valence-corrected chi connectivity index (χ3v) is 5.19. The number of amides is 1. The number of carbonyl (C=O) groups excluding carboxylic acids is 3. The Morgan fingerprint density at radius 2 is 1.77 bits per heavy atom. The van der Waals surface area contributed by atoms with Crippen molar-refractivity contribution in [1.29, 1.82) is 0 Å². The molecule has 0 spiro atoms. The molecule has 1 aliphatic rings. The number of ketones is 1. The Balaban J connectivity index is 1.40. The summed E-state index contributed by atoms with van der Waals surface area (Å²) in [5, 5.41) is 0. The lowest BCUT2D eigenvalue weighted by Crippen LogP contribution is -2.38. The minimum Gasteiger partial charge on any atom is -0.450 e. The topological polar surface area (TPSA) is 76.8 Å². The fourth-order valence-electron chi connectivity index (χ4n) is 3.69. The van der Waals surface area contributed by atoms with Gasteiger partial charge in [0.15, 0.2) is 12.4 Å². The Hall–Kier alpha value is -3.67. The van der Waals surface area contributed by atoms with E-state index >= 15 is 0 Å². The van der Waals surface area contributed by atoms with Crippen LogP contribution in [0.1, 0.15) is 40.3 Å². The minimum atomic E-state index is -0.699. The van der Waals surface area contributed by atoms with Gasteiger partial charge in [-0.1, -0.05) is 42.5 Å². The van der Waals surface area contributed by atoms with Crippen LogP contribution in [0, 0.1) is 0 Å².